The number of hydrogen-bond acceptors (Lipinski definition) is 3. The molecule has 0 saturated heterocycles. The predicted octanol–water partition coefficient (Wildman–Crippen LogP) is 0.735. The van der Waals surface area contributed by atoms with Crippen molar-refractivity contribution in [1.82, 2.24) is 4.90 Å². The molecular formula is C11H24N2O2. The van der Waals surface area contributed by atoms with Gasteiger partial charge in [0.25, 0.3) is 0 Å². The number of carbonyl (C=O) groups excluding carboxylic acids is 1. The highest BCUT2D eigenvalue weighted by Gasteiger charge is 2.16. The van der Waals surface area contributed by atoms with E-state index in [0.29, 0.717) is 0 Å². The molecule has 1 amide bonds. The minimum absolute atomic E-state index is 0.0286. The van der Waals surface area contributed by atoms with Gasteiger partial charge in [-0.15, -0.1) is 0 Å². The van der Waals surface area contributed by atoms with Gasteiger partial charge < -0.3 is 15.7 Å². The van der Waals surface area contributed by atoms with Crippen LogP contribution in [0.3, 0.4) is 0 Å². The molecule has 0 saturated carbocycles. The molecule has 15 heavy (non-hydrogen) atoms. The minimum atomic E-state index is -0.349. The van der Waals surface area contributed by atoms with Crippen molar-refractivity contribution in [3.63, 3.8) is 0 Å². The summed E-state index contributed by atoms with van der Waals surface area (Å²) < 4.78 is 0. The Morgan fingerprint density at radius 3 is 2.60 bits per heavy atom. The van der Waals surface area contributed by atoms with Gasteiger partial charge >= 0.3 is 0 Å². The molecule has 0 rings (SSSR count). The Hall–Kier alpha value is -0.610. The average molecular weight is 216 g/mol. The third-order valence-electron chi connectivity index (χ3n) is 2.44. The summed E-state index contributed by atoms with van der Waals surface area (Å²) in [4.78, 5) is 13.3. The van der Waals surface area contributed by atoms with Crippen LogP contribution in [0.25, 0.3) is 0 Å². The molecule has 0 fully saturated rings. The molecule has 0 heterocycles. The summed E-state index contributed by atoms with van der Waals surface area (Å²) in [5.41, 5.74) is 5.73. The Balaban J connectivity index is 3.68. The van der Waals surface area contributed by atoms with Crippen LogP contribution in [0.15, 0.2) is 0 Å². The van der Waals surface area contributed by atoms with Crippen molar-refractivity contribution < 1.29 is 9.90 Å². The maximum absolute atomic E-state index is 11.6. The molecule has 90 valence electrons. The number of aliphatic hydroxyl groups excluding tert-OH is 1. The highest BCUT2D eigenvalue weighted by atomic mass is 16.2. The van der Waals surface area contributed by atoms with E-state index in [1.807, 2.05) is 6.92 Å². The van der Waals surface area contributed by atoms with Gasteiger partial charge in [0, 0.05) is 20.2 Å². The number of likely N-dealkylation sites (N-methyl/N-ethyl adjacent to an activating group) is 1. The molecule has 0 aromatic carbocycles. The first-order valence-corrected chi connectivity index (χ1v) is 5.74. The van der Waals surface area contributed by atoms with Gasteiger partial charge in [-0.25, -0.2) is 0 Å². The monoisotopic (exact) mass is 216 g/mol. The van der Waals surface area contributed by atoms with Crippen LogP contribution in [0.4, 0.5) is 0 Å². The van der Waals surface area contributed by atoms with E-state index in [1.54, 1.807) is 11.9 Å². The van der Waals surface area contributed by atoms with Crippen LogP contribution < -0.4 is 5.73 Å². The number of aliphatic hydroxyl groups is 1. The molecule has 0 radical (unpaired) electrons. The van der Waals surface area contributed by atoms with E-state index in [4.69, 9.17) is 10.8 Å². The number of carbonyl (C=O) groups is 1. The molecular weight excluding hydrogens is 192 g/mol. The minimum Gasteiger partial charge on any atom is -0.396 e. The summed E-state index contributed by atoms with van der Waals surface area (Å²) in [6.07, 6.45) is 4.38. The Labute approximate surface area is 92.4 Å². The molecule has 0 spiro atoms. The second-order valence-corrected chi connectivity index (χ2v) is 3.94. The Kier molecular flexibility index (Phi) is 8.33. The van der Waals surface area contributed by atoms with Crippen molar-refractivity contribution >= 4 is 5.91 Å². The molecule has 0 unspecified atom stereocenters. The maximum atomic E-state index is 11.6. The van der Waals surface area contributed by atoms with E-state index in [-0.39, 0.29) is 18.6 Å². The molecule has 0 aromatic heterocycles. The first-order chi connectivity index (χ1) is 7.13. The molecule has 0 aliphatic carbocycles. The van der Waals surface area contributed by atoms with Crippen LogP contribution in [-0.2, 0) is 4.79 Å². The summed E-state index contributed by atoms with van der Waals surface area (Å²) in [5, 5.41) is 8.60. The van der Waals surface area contributed by atoms with Crippen LogP contribution in [0.2, 0.25) is 0 Å². The molecule has 0 bridgehead atoms. The van der Waals surface area contributed by atoms with Crippen molar-refractivity contribution in [2.45, 2.75) is 45.1 Å². The summed E-state index contributed by atoms with van der Waals surface area (Å²) in [6.45, 7) is 2.98. The summed E-state index contributed by atoms with van der Waals surface area (Å²) in [5.74, 6) is 0.0286. The van der Waals surface area contributed by atoms with Crippen molar-refractivity contribution in [3.8, 4) is 0 Å². The number of amides is 1. The Morgan fingerprint density at radius 1 is 1.40 bits per heavy atom. The van der Waals surface area contributed by atoms with Crippen molar-refractivity contribution in [2.75, 3.05) is 20.2 Å². The van der Waals surface area contributed by atoms with Gasteiger partial charge in [-0.3, -0.25) is 4.79 Å². The second-order valence-electron chi connectivity index (χ2n) is 3.94. The molecule has 0 aliphatic rings. The fraction of sp³-hybridized carbons (Fsp3) is 0.909. The lowest BCUT2D eigenvalue weighted by Crippen LogP contribution is -2.42. The van der Waals surface area contributed by atoms with Crippen molar-refractivity contribution in [3.05, 3.63) is 0 Å². The predicted molar refractivity (Wildman–Crippen MR) is 61.5 cm³/mol. The van der Waals surface area contributed by atoms with Gasteiger partial charge in [-0.05, 0) is 25.7 Å². The van der Waals surface area contributed by atoms with Gasteiger partial charge in [-0.2, -0.15) is 0 Å². The number of nitrogens with two attached hydrogens (primary N) is 1. The summed E-state index contributed by atoms with van der Waals surface area (Å²) in [7, 11) is 1.79. The molecule has 4 heteroatoms. The largest absolute Gasteiger partial charge is 0.396 e. The number of nitrogens with zero attached hydrogens (tertiary/aromatic N) is 1. The molecule has 1 atom stereocenters. The number of rotatable bonds is 8. The van der Waals surface area contributed by atoms with E-state index in [2.05, 4.69) is 0 Å². The summed E-state index contributed by atoms with van der Waals surface area (Å²) in [6, 6.07) is -0.349. The standard InChI is InChI=1S/C11H24N2O2/c1-3-7-10(12)11(15)13(2)8-5-4-6-9-14/h10,14H,3-9,12H2,1-2H3/t10-/m1/s1. The number of hydrogen-bond donors (Lipinski definition) is 2. The van der Waals surface area contributed by atoms with Crippen LogP contribution in [0, 0.1) is 0 Å². The van der Waals surface area contributed by atoms with Crippen molar-refractivity contribution in [1.29, 1.82) is 0 Å². The second kappa shape index (κ2) is 8.68. The Bertz CT molecular complexity index is 174. The smallest absolute Gasteiger partial charge is 0.239 e. The third kappa shape index (κ3) is 6.47. The van der Waals surface area contributed by atoms with Gasteiger partial charge in [0.15, 0.2) is 0 Å². The van der Waals surface area contributed by atoms with Crippen LogP contribution in [-0.4, -0.2) is 42.2 Å². The normalized spacial score (nSPS) is 12.5. The topological polar surface area (TPSA) is 66.6 Å². The zero-order chi connectivity index (χ0) is 11.7. The van der Waals surface area contributed by atoms with E-state index < -0.39 is 0 Å². The third-order valence-corrected chi connectivity index (χ3v) is 2.44. The quantitative estimate of drug-likeness (QED) is 0.588. The highest BCUT2D eigenvalue weighted by molar-refractivity contribution is 5.81. The SMILES string of the molecule is CCC[C@@H](N)C(=O)N(C)CCCCCO. The lowest BCUT2D eigenvalue weighted by Gasteiger charge is -2.20. The molecule has 3 N–H and O–H groups in total. The van der Waals surface area contributed by atoms with Crippen LogP contribution >= 0.6 is 0 Å². The molecule has 0 aliphatic heterocycles. The van der Waals surface area contributed by atoms with E-state index in [0.717, 1.165) is 38.6 Å². The van der Waals surface area contributed by atoms with E-state index >= 15 is 0 Å². The first kappa shape index (κ1) is 14.4. The van der Waals surface area contributed by atoms with Gasteiger partial charge in [0.1, 0.15) is 0 Å². The zero-order valence-corrected chi connectivity index (χ0v) is 9.91. The highest BCUT2D eigenvalue weighted by Crippen LogP contribution is 2.01. The maximum Gasteiger partial charge on any atom is 0.239 e. The van der Waals surface area contributed by atoms with E-state index in [9.17, 15) is 4.79 Å². The molecule has 0 aromatic rings. The Morgan fingerprint density at radius 2 is 2.07 bits per heavy atom. The fourth-order valence-electron chi connectivity index (χ4n) is 1.47. The first-order valence-electron chi connectivity index (χ1n) is 5.74. The van der Waals surface area contributed by atoms with Gasteiger partial charge in [-0.1, -0.05) is 13.3 Å². The summed E-state index contributed by atoms with van der Waals surface area (Å²) >= 11 is 0. The lowest BCUT2D eigenvalue weighted by atomic mass is 10.1. The lowest BCUT2D eigenvalue weighted by molar-refractivity contribution is -0.131. The van der Waals surface area contributed by atoms with Crippen LogP contribution in [0.5, 0.6) is 0 Å². The average Bonchev–Trinajstić information content (AvgIpc) is 2.23. The zero-order valence-electron chi connectivity index (χ0n) is 9.91. The number of unbranched alkanes of at least 4 members (excludes halogenated alkanes) is 2. The van der Waals surface area contributed by atoms with Gasteiger partial charge in [0.2, 0.25) is 5.91 Å². The fourth-order valence-corrected chi connectivity index (χ4v) is 1.47. The van der Waals surface area contributed by atoms with Crippen molar-refractivity contribution in [2.24, 2.45) is 5.73 Å². The molecule has 4 nitrogen and oxygen atoms in total. The van der Waals surface area contributed by atoms with Gasteiger partial charge in [0.05, 0.1) is 6.04 Å². The van der Waals surface area contributed by atoms with Crippen LogP contribution in [0.1, 0.15) is 39.0 Å². The van der Waals surface area contributed by atoms with E-state index in [1.165, 1.54) is 0 Å².